The van der Waals surface area contributed by atoms with E-state index in [0.29, 0.717) is 11.7 Å². The fraction of sp³-hybridized carbons (Fsp3) is 0.682. The minimum atomic E-state index is -0.260. The lowest BCUT2D eigenvalue weighted by Gasteiger charge is -2.37. The number of Topliss-reactive ketones (excluding diaryl/α,β-unsaturated/α-hetero) is 1. The van der Waals surface area contributed by atoms with Crippen LogP contribution in [0.2, 0.25) is 0 Å². The summed E-state index contributed by atoms with van der Waals surface area (Å²) >= 11 is 1.90. The van der Waals surface area contributed by atoms with E-state index in [9.17, 15) is 9.90 Å². The molecule has 0 radical (unpaired) electrons. The lowest BCUT2D eigenvalue weighted by atomic mass is 9.70. The predicted molar refractivity (Wildman–Crippen MR) is 106 cm³/mol. The van der Waals surface area contributed by atoms with Crippen molar-refractivity contribution in [1.29, 1.82) is 0 Å². The zero-order chi connectivity index (χ0) is 18.1. The zero-order valence-corrected chi connectivity index (χ0v) is 16.6. The first kappa shape index (κ1) is 19.0. The number of rotatable bonds is 8. The van der Waals surface area contributed by atoms with E-state index >= 15 is 0 Å². The van der Waals surface area contributed by atoms with Crippen molar-refractivity contribution >= 4 is 17.5 Å². The topological polar surface area (TPSA) is 37.3 Å². The summed E-state index contributed by atoms with van der Waals surface area (Å²) in [6, 6.07) is 10.5. The Bertz CT molecular complexity index is 597. The molecule has 0 amide bonds. The van der Waals surface area contributed by atoms with Crippen molar-refractivity contribution in [2.45, 2.75) is 70.7 Å². The Labute approximate surface area is 156 Å². The molecule has 0 saturated heterocycles. The Kier molecular flexibility index (Phi) is 5.65. The molecule has 2 aliphatic rings. The molecule has 138 valence electrons. The number of aliphatic hydroxyl groups is 1. The van der Waals surface area contributed by atoms with Crippen LogP contribution in [-0.4, -0.2) is 22.7 Å². The van der Waals surface area contributed by atoms with Crippen LogP contribution in [0.5, 0.6) is 0 Å². The predicted octanol–water partition coefficient (Wildman–Crippen LogP) is 5.41. The van der Waals surface area contributed by atoms with Gasteiger partial charge in [0.25, 0.3) is 0 Å². The smallest absolute Gasteiger partial charge is 0.140 e. The van der Waals surface area contributed by atoms with E-state index in [1.165, 1.54) is 12.0 Å². The van der Waals surface area contributed by atoms with E-state index in [1.807, 2.05) is 17.8 Å². The minimum Gasteiger partial charge on any atom is -0.393 e. The molecule has 2 fully saturated rings. The zero-order valence-electron chi connectivity index (χ0n) is 15.8. The Morgan fingerprint density at radius 1 is 1.28 bits per heavy atom. The number of fused-ring (bicyclic) bond motifs is 2. The van der Waals surface area contributed by atoms with E-state index in [4.69, 9.17) is 0 Å². The van der Waals surface area contributed by atoms with Crippen molar-refractivity contribution in [2.75, 3.05) is 5.75 Å². The van der Waals surface area contributed by atoms with Crippen LogP contribution in [-0.2, 0) is 4.79 Å². The number of carbonyl (C=O) groups is 1. The van der Waals surface area contributed by atoms with Crippen LogP contribution >= 0.6 is 11.8 Å². The first-order valence-electron chi connectivity index (χ1n) is 9.78. The molecule has 2 saturated carbocycles. The molecule has 1 aromatic carbocycles. The molecule has 2 aliphatic carbocycles. The lowest BCUT2D eigenvalue weighted by molar-refractivity contribution is -0.127. The second kappa shape index (κ2) is 7.44. The average Bonchev–Trinajstić information content (AvgIpc) is 2.94. The molecule has 0 unspecified atom stereocenters. The van der Waals surface area contributed by atoms with Crippen LogP contribution in [0.1, 0.15) is 70.1 Å². The first-order chi connectivity index (χ1) is 11.9. The molecule has 4 atom stereocenters. The number of carbonyl (C=O) groups excluding carboxylic acids is 1. The van der Waals surface area contributed by atoms with Gasteiger partial charge < -0.3 is 5.11 Å². The van der Waals surface area contributed by atoms with Gasteiger partial charge in [0.15, 0.2) is 0 Å². The monoisotopic (exact) mass is 360 g/mol. The maximum Gasteiger partial charge on any atom is 0.140 e. The van der Waals surface area contributed by atoms with Crippen LogP contribution in [0.15, 0.2) is 30.3 Å². The number of hydrogen-bond donors (Lipinski definition) is 1. The van der Waals surface area contributed by atoms with Gasteiger partial charge in [-0.15, -0.1) is 0 Å². The van der Waals surface area contributed by atoms with Crippen molar-refractivity contribution in [2.24, 2.45) is 16.7 Å². The highest BCUT2D eigenvalue weighted by atomic mass is 32.2. The van der Waals surface area contributed by atoms with E-state index < -0.39 is 0 Å². The standard InChI is InChI=1S/C22H32O2S/c1-4-8-18(23)14-19(16-9-6-5-7-10-16)25-15-22-12-11-17(13-20(22)24)21(22,2)3/h5-7,9-10,17-19,23H,4,8,11-15H2,1-3H3/t17-,18+,19-,22-/m1/s1. The van der Waals surface area contributed by atoms with Crippen molar-refractivity contribution in [3.63, 3.8) is 0 Å². The van der Waals surface area contributed by atoms with Crippen LogP contribution in [0.25, 0.3) is 0 Å². The molecule has 0 spiro atoms. The normalized spacial score (nSPS) is 29.8. The van der Waals surface area contributed by atoms with Crippen molar-refractivity contribution in [1.82, 2.24) is 0 Å². The number of benzene rings is 1. The molecule has 3 rings (SSSR count). The highest BCUT2D eigenvalue weighted by molar-refractivity contribution is 7.99. The second-order valence-electron chi connectivity index (χ2n) is 8.56. The molecule has 2 bridgehead atoms. The van der Waals surface area contributed by atoms with Gasteiger partial charge in [0, 0.05) is 22.8 Å². The highest BCUT2D eigenvalue weighted by Gasteiger charge is 2.63. The Morgan fingerprint density at radius 3 is 2.56 bits per heavy atom. The fourth-order valence-corrected chi connectivity index (χ4v) is 6.89. The highest BCUT2D eigenvalue weighted by Crippen LogP contribution is 2.65. The van der Waals surface area contributed by atoms with Crippen LogP contribution in [0.3, 0.4) is 0 Å². The van der Waals surface area contributed by atoms with Gasteiger partial charge in [0.05, 0.1) is 6.10 Å². The lowest BCUT2D eigenvalue weighted by Crippen LogP contribution is -2.38. The van der Waals surface area contributed by atoms with Gasteiger partial charge in [0.1, 0.15) is 5.78 Å². The fourth-order valence-electron chi connectivity index (χ4n) is 5.02. The number of thioether (sulfide) groups is 1. The van der Waals surface area contributed by atoms with Gasteiger partial charge in [-0.1, -0.05) is 57.5 Å². The maximum absolute atomic E-state index is 12.8. The van der Waals surface area contributed by atoms with Gasteiger partial charge >= 0.3 is 0 Å². The molecule has 1 aromatic rings. The van der Waals surface area contributed by atoms with Gasteiger partial charge in [-0.25, -0.2) is 0 Å². The number of aliphatic hydroxyl groups excluding tert-OH is 1. The summed E-state index contributed by atoms with van der Waals surface area (Å²) in [6.07, 6.45) is 5.40. The van der Waals surface area contributed by atoms with Crippen molar-refractivity contribution in [3.05, 3.63) is 35.9 Å². The third kappa shape index (κ3) is 3.42. The molecule has 2 nitrogen and oxygen atoms in total. The Balaban J connectivity index is 1.75. The number of hydrogen-bond acceptors (Lipinski definition) is 3. The third-order valence-electron chi connectivity index (χ3n) is 6.95. The summed E-state index contributed by atoms with van der Waals surface area (Å²) in [6.45, 7) is 6.73. The largest absolute Gasteiger partial charge is 0.393 e. The summed E-state index contributed by atoms with van der Waals surface area (Å²) < 4.78 is 0. The quantitative estimate of drug-likeness (QED) is 0.674. The Hall–Kier alpha value is -0.800. The maximum atomic E-state index is 12.8. The molecule has 3 heteroatoms. The average molecular weight is 361 g/mol. The molecule has 1 N–H and O–H groups in total. The van der Waals surface area contributed by atoms with Crippen molar-refractivity contribution in [3.8, 4) is 0 Å². The molecule has 25 heavy (non-hydrogen) atoms. The third-order valence-corrected chi connectivity index (χ3v) is 8.48. The molecule has 0 heterocycles. The summed E-state index contributed by atoms with van der Waals surface area (Å²) in [5.74, 6) is 1.96. The van der Waals surface area contributed by atoms with Gasteiger partial charge in [-0.05, 0) is 42.6 Å². The summed E-state index contributed by atoms with van der Waals surface area (Å²) in [5, 5.41) is 10.6. The molecular formula is C22H32O2S. The number of ketones is 1. The van der Waals surface area contributed by atoms with E-state index in [2.05, 4.69) is 45.0 Å². The molecular weight excluding hydrogens is 328 g/mol. The summed E-state index contributed by atoms with van der Waals surface area (Å²) in [4.78, 5) is 12.8. The van der Waals surface area contributed by atoms with Crippen molar-refractivity contribution < 1.29 is 9.90 Å². The van der Waals surface area contributed by atoms with Gasteiger partial charge in [0.2, 0.25) is 0 Å². The summed E-state index contributed by atoms with van der Waals surface area (Å²) in [5.41, 5.74) is 1.25. The van der Waals surface area contributed by atoms with E-state index in [1.54, 1.807) is 0 Å². The van der Waals surface area contributed by atoms with Crippen LogP contribution in [0, 0.1) is 16.7 Å². The molecule has 0 aliphatic heterocycles. The van der Waals surface area contributed by atoms with Gasteiger partial charge in [-0.2, -0.15) is 11.8 Å². The molecule has 0 aromatic heterocycles. The minimum absolute atomic E-state index is 0.125. The van der Waals surface area contributed by atoms with Crippen LogP contribution < -0.4 is 0 Å². The summed E-state index contributed by atoms with van der Waals surface area (Å²) in [7, 11) is 0. The van der Waals surface area contributed by atoms with E-state index in [0.717, 1.165) is 37.9 Å². The second-order valence-corrected chi connectivity index (χ2v) is 9.75. The van der Waals surface area contributed by atoms with Crippen LogP contribution in [0.4, 0.5) is 0 Å². The first-order valence-corrected chi connectivity index (χ1v) is 10.8. The van der Waals surface area contributed by atoms with E-state index in [-0.39, 0.29) is 22.2 Å². The van der Waals surface area contributed by atoms with Gasteiger partial charge in [-0.3, -0.25) is 4.79 Å². The SMILES string of the molecule is CCC[C@H](O)C[C@@H](SC[C@]12CC[C@H](CC1=O)C2(C)C)c1ccccc1. The Morgan fingerprint density at radius 2 is 2.00 bits per heavy atom.